The Kier molecular flexibility index (Phi) is 9.35. The Bertz CT molecular complexity index is 3520. The van der Waals surface area contributed by atoms with Crippen LogP contribution in [-0.4, -0.2) is 0 Å². The van der Waals surface area contributed by atoms with E-state index in [2.05, 4.69) is 267 Å². The summed E-state index contributed by atoms with van der Waals surface area (Å²) < 4.78 is 0. The van der Waals surface area contributed by atoms with E-state index in [1.54, 1.807) is 0 Å². The number of nitrogens with zero attached hydrogens (tertiary/aromatic N) is 1. The molecule has 0 aliphatic heterocycles. The zero-order valence-corrected chi connectivity index (χ0v) is 36.2. The number of fused-ring (bicyclic) bond motifs is 6. The predicted molar refractivity (Wildman–Crippen MR) is 275 cm³/mol. The van der Waals surface area contributed by atoms with Gasteiger partial charge in [-0.15, -0.1) is 0 Å². The minimum absolute atomic E-state index is 0.321. The predicted octanol–water partition coefficient (Wildman–Crippen LogP) is 17.5. The number of anilines is 3. The number of rotatable bonds is 8. The molecule has 1 nitrogen and oxygen atoms in total. The van der Waals surface area contributed by atoms with E-state index in [1.165, 1.54) is 93.9 Å². The summed E-state index contributed by atoms with van der Waals surface area (Å²) in [6, 6.07) is 93.5. The van der Waals surface area contributed by atoms with Crippen LogP contribution >= 0.6 is 0 Å². The largest absolute Gasteiger partial charge is 0.309 e. The Morgan fingerprint density at radius 3 is 1.48 bits per heavy atom. The quantitative estimate of drug-likeness (QED) is 0.138. The summed E-state index contributed by atoms with van der Waals surface area (Å²) in [6.07, 6.45) is 0. The van der Waals surface area contributed by atoms with E-state index in [0.717, 1.165) is 17.1 Å². The van der Waals surface area contributed by atoms with Crippen LogP contribution in [0.4, 0.5) is 17.1 Å². The van der Waals surface area contributed by atoms with E-state index in [9.17, 15) is 0 Å². The molecule has 1 aliphatic carbocycles. The summed E-state index contributed by atoms with van der Waals surface area (Å²) in [5.41, 5.74) is 19.2. The first-order chi connectivity index (χ1) is 32.2. The van der Waals surface area contributed by atoms with Crippen molar-refractivity contribution in [1.29, 1.82) is 0 Å². The molecule has 0 saturated heterocycles. The van der Waals surface area contributed by atoms with Crippen LogP contribution in [0.2, 0.25) is 0 Å². The van der Waals surface area contributed by atoms with E-state index in [4.69, 9.17) is 0 Å². The lowest BCUT2D eigenvalue weighted by atomic mass is 9.74. The van der Waals surface area contributed by atoms with Gasteiger partial charge in [-0.25, -0.2) is 0 Å². The molecule has 0 N–H and O–H groups in total. The zero-order valence-electron chi connectivity index (χ0n) is 36.2. The van der Waals surface area contributed by atoms with Crippen molar-refractivity contribution in [1.82, 2.24) is 0 Å². The molecule has 1 unspecified atom stereocenters. The molecule has 0 bridgehead atoms. The number of benzene rings is 11. The van der Waals surface area contributed by atoms with Crippen LogP contribution in [0, 0.1) is 0 Å². The van der Waals surface area contributed by atoms with Crippen molar-refractivity contribution in [3.05, 3.63) is 271 Å². The average Bonchev–Trinajstić information content (AvgIpc) is 3.66. The molecule has 0 amide bonds. The standard InChI is InChI=1S/C64H45N/c1-64(49-27-12-5-13-28-49)57-33-18-16-32-55(57)63-58(64)34-20-36-60(63)65(59-35-19-17-29-51(59)45-21-6-2-7-22-45)50-40-37-44(38-41-50)48-39-42-53-52-30-14-15-31-54(52)61(46-23-8-3-9-24-46)62(56(53)43-48)47-25-10-4-11-26-47/h2-43H,1H3. The average molecular weight is 828 g/mol. The second kappa shape index (κ2) is 15.8. The van der Waals surface area contributed by atoms with Gasteiger partial charge in [0, 0.05) is 22.2 Å². The molecular weight excluding hydrogens is 783 g/mol. The van der Waals surface area contributed by atoms with E-state index in [1.807, 2.05) is 0 Å². The maximum atomic E-state index is 2.49. The van der Waals surface area contributed by atoms with Crippen LogP contribution in [-0.2, 0) is 5.41 Å². The van der Waals surface area contributed by atoms with Gasteiger partial charge in [0.05, 0.1) is 11.4 Å². The molecule has 0 heterocycles. The second-order valence-electron chi connectivity index (χ2n) is 17.3. The number of hydrogen-bond acceptors (Lipinski definition) is 1. The van der Waals surface area contributed by atoms with Crippen LogP contribution in [0.5, 0.6) is 0 Å². The Hall–Kier alpha value is -8.26. The van der Waals surface area contributed by atoms with E-state index in [0.29, 0.717) is 0 Å². The Morgan fingerprint density at radius 2 is 0.785 bits per heavy atom. The summed E-state index contributed by atoms with van der Waals surface area (Å²) in [5, 5.41) is 5.02. The van der Waals surface area contributed by atoms with Gasteiger partial charge in [-0.1, -0.05) is 224 Å². The minimum Gasteiger partial charge on any atom is -0.309 e. The van der Waals surface area contributed by atoms with Crippen molar-refractivity contribution in [2.45, 2.75) is 12.3 Å². The minimum atomic E-state index is -0.321. The van der Waals surface area contributed by atoms with Crippen molar-refractivity contribution in [2.24, 2.45) is 0 Å². The van der Waals surface area contributed by atoms with Gasteiger partial charge in [-0.05, 0) is 120 Å². The van der Waals surface area contributed by atoms with Gasteiger partial charge in [-0.3, -0.25) is 0 Å². The molecule has 0 fully saturated rings. The lowest BCUT2D eigenvalue weighted by Crippen LogP contribution is -2.22. The summed E-state index contributed by atoms with van der Waals surface area (Å²) >= 11 is 0. The third-order valence-corrected chi connectivity index (χ3v) is 13.7. The van der Waals surface area contributed by atoms with Crippen LogP contribution in [0.3, 0.4) is 0 Å². The highest BCUT2D eigenvalue weighted by Gasteiger charge is 2.42. The third-order valence-electron chi connectivity index (χ3n) is 13.7. The topological polar surface area (TPSA) is 3.24 Å². The molecule has 0 radical (unpaired) electrons. The molecular formula is C64H45N. The van der Waals surface area contributed by atoms with Crippen LogP contribution in [0.1, 0.15) is 23.6 Å². The maximum absolute atomic E-state index is 2.49. The second-order valence-corrected chi connectivity index (χ2v) is 17.3. The first kappa shape index (κ1) is 38.4. The van der Waals surface area contributed by atoms with Gasteiger partial charge in [0.25, 0.3) is 0 Å². The Labute approximate surface area is 381 Å². The molecule has 1 atom stereocenters. The Balaban J connectivity index is 1.06. The fraction of sp³-hybridized carbons (Fsp3) is 0.0312. The van der Waals surface area contributed by atoms with Crippen LogP contribution in [0.25, 0.3) is 77.2 Å². The normalized spacial score (nSPS) is 14.0. The van der Waals surface area contributed by atoms with Gasteiger partial charge in [0.2, 0.25) is 0 Å². The lowest BCUT2D eigenvalue weighted by Gasteiger charge is -2.31. The van der Waals surface area contributed by atoms with Crippen molar-refractivity contribution in [2.75, 3.05) is 4.90 Å². The van der Waals surface area contributed by atoms with Gasteiger partial charge in [0.15, 0.2) is 0 Å². The van der Waals surface area contributed by atoms with Gasteiger partial charge >= 0.3 is 0 Å². The lowest BCUT2D eigenvalue weighted by molar-refractivity contribution is 0.714. The number of para-hydroxylation sites is 1. The molecule has 65 heavy (non-hydrogen) atoms. The highest BCUT2D eigenvalue weighted by atomic mass is 15.1. The van der Waals surface area contributed by atoms with Crippen LogP contribution in [0.15, 0.2) is 255 Å². The molecule has 11 aromatic rings. The number of hydrogen-bond donors (Lipinski definition) is 0. The summed E-state index contributed by atoms with van der Waals surface area (Å²) in [4.78, 5) is 2.49. The molecule has 0 saturated carbocycles. The van der Waals surface area contributed by atoms with E-state index >= 15 is 0 Å². The Morgan fingerprint density at radius 1 is 0.292 bits per heavy atom. The van der Waals surface area contributed by atoms with Crippen molar-refractivity contribution < 1.29 is 0 Å². The molecule has 11 aromatic carbocycles. The van der Waals surface area contributed by atoms with Crippen molar-refractivity contribution in [3.8, 4) is 55.6 Å². The molecule has 12 rings (SSSR count). The van der Waals surface area contributed by atoms with Crippen molar-refractivity contribution >= 4 is 38.6 Å². The maximum Gasteiger partial charge on any atom is 0.0543 e. The summed E-state index contributed by atoms with van der Waals surface area (Å²) in [5.74, 6) is 0. The van der Waals surface area contributed by atoms with E-state index in [-0.39, 0.29) is 5.41 Å². The SMILES string of the molecule is CC1(c2ccccc2)c2ccccc2-c2c(N(c3ccc(-c4ccc5c(c4)c(-c4ccccc4)c(-c4ccccc4)c4ccccc45)cc3)c3ccccc3-c3ccccc3)cccc21. The first-order valence-corrected chi connectivity index (χ1v) is 22.6. The smallest absolute Gasteiger partial charge is 0.0543 e. The van der Waals surface area contributed by atoms with Gasteiger partial charge < -0.3 is 4.90 Å². The van der Waals surface area contributed by atoms with E-state index < -0.39 is 0 Å². The zero-order chi connectivity index (χ0) is 43.3. The third kappa shape index (κ3) is 6.31. The van der Waals surface area contributed by atoms with Gasteiger partial charge in [-0.2, -0.15) is 0 Å². The molecule has 1 heteroatoms. The summed E-state index contributed by atoms with van der Waals surface area (Å²) in [7, 11) is 0. The van der Waals surface area contributed by atoms with Crippen LogP contribution < -0.4 is 4.90 Å². The first-order valence-electron chi connectivity index (χ1n) is 22.6. The highest BCUT2D eigenvalue weighted by molar-refractivity contribution is 6.22. The molecule has 306 valence electrons. The van der Waals surface area contributed by atoms with Crippen molar-refractivity contribution in [3.63, 3.8) is 0 Å². The van der Waals surface area contributed by atoms with Gasteiger partial charge in [0.1, 0.15) is 0 Å². The summed E-state index contributed by atoms with van der Waals surface area (Å²) in [6.45, 7) is 2.40. The fourth-order valence-electron chi connectivity index (χ4n) is 10.7. The fourth-order valence-corrected chi connectivity index (χ4v) is 10.7. The monoisotopic (exact) mass is 827 g/mol. The highest BCUT2D eigenvalue weighted by Crippen LogP contribution is 2.57. The molecule has 0 aromatic heterocycles. The molecule has 1 aliphatic rings. The molecule has 0 spiro atoms.